The van der Waals surface area contributed by atoms with Crippen LogP contribution in [0.2, 0.25) is 0 Å². The molecule has 0 radical (unpaired) electrons. The first-order chi connectivity index (χ1) is 10.2. The maximum absolute atomic E-state index is 11.8. The van der Waals surface area contributed by atoms with E-state index in [2.05, 4.69) is 5.16 Å². The molecule has 0 aliphatic heterocycles. The van der Waals surface area contributed by atoms with Gasteiger partial charge >= 0.3 is 11.7 Å². The highest BCUT2D eigenvalue weighted by Gasteiger charge is 2.17. The highest BCUT2D eigenvalue weighted by Crippen LogP contribution is 2.25. The first kappa shape index (κ1) is 13.3. The molecule has 0 aromatic carbocycles. The summed E-state index contributed by atoms with van der Waals surface area (Å²) in [4.78, 5) is 12.7. The van der Waals surface area contributed by atoms with Crippen LogP contribution in [-0.2, 0) is 11.3 Å². The predicted molar refractivity (Wildman–Crippen MR) is 74.3 cm³/mol. The van der Waals surface area contributed by atoms with Crippen molar-refractivity contribution in [2.45, 2.75) is 6.61 Å². The van der Waals surface area contributed by atoms with Gasteiger partial charge in [-0.2, -0.15) is 4.73 Å². The Morgan fingerprint density at radius 2 is 2.29 bits per heavy atom. The van der Waals surface area contributed by atoms with Gasteiger partial charge in [-0.15, -0.1) is 11.3 Å². The average molecular weight is 302 g/mol. The Kier molecular flexibility index (Phi) is 3.65. The Bertz CT molecular complexity index is 752. The number of rotatable bonds is 4. The fraction of sp³-hybridized carbons (Fsp3) is 0.0714. The molecule has 3 rings (SSSR count). The number of thiophene rings is 1. The minimum absolute atomic E-state index is 0.0530. The van der Waals surface area contributed by atoms with Crippen molar-refractivity contribution in [2.24, 2.45) is 0 Å². The zero-order valence-electron chi connectivity index (χ0n) is 10.8. The Hall–Kier alpha value is -2.67. The first-order valence-corrected chi connectivity index (χ1v) is 6.97. The maximum atomic E-state index is 11.8. The van der Waals surface area contributed by atoms with Gasteiger partial charge in [0.25, 0.3) is 0 Å². The molecular weight excluding hydrogens is 292 g/mol. The summed E-state index contributed by atoms with van der Waals surface area (Å²) >= 11 is 1.53. The standard InChI is InChI=1S/C14H10N2O4S/c17-14(11-4-1-2-6-16(11)18)19-9-10-8-12(20-15-10)13-5-3-7-21-13/h1-8H,9H2. The molecule has 0 bridgehead atoms. The lowest BCUT2D eigenvalue weighted by molar-refractivity contribution is -0.608. The van der Waals surface area contributed by atoms with E-state index in [1.54, 1.807) is 12.1 Å². The van der Waals surface area contributed by atoms with Crippen LogP contribution in [0.15, 0.2) is 52.5 Å². The normalized spacial score (nSPS) is 10.5. The fourth-order valence-electron chi connectivity index (χ4n) is 1.71. The average Bonchev–Trinajstić information content (AvgIpc) is 3.16. The lowest BCUT2D eigenvalue weighted by Gasteiger charge is -2.03. The van der Waals surface area contributed by atoms with Crippen molar-refractivity contribution < 1.29 is 18.8 Å². The molecule has 0 aliphatic rings. The van der Waals surface area contributed by atoms with Crippen LogP contribution in [0.1, 0.15) is 16.2 Å². The van der Waals surface area contributed by atoms with Crippen LogP contribution in [0.25, 0.3) is 10.6 Å². The van der Waals surface area contributed by atoms with Gasteiger partial charge in [0.2, 0.25) is 0 Å². The van der Waals surface area contributed by atoms with E-state index in [0.29, 0.717) is 16.2 Å². The van der Waals surface area contributed by atoms with E-state index < -0.39 is 5.97 Å². The highest BCUT2D eigenvalue weighted by molar-refractivity contribution is 7.13. The number of aromatic nitrogens is 2. The smallest absolute Gasteiger partial charge is 0.405 e. The number of pyridine rings is 1. The molecule has 0 fully saturated rings. The minimum Gasteiger partial charge on any atom is -0.618 e. The van der Waals surface area contributed by atoms with Crippen LogP contribution in [0, 0.1) is 5.21 Å². The quantitative estimate of drug-likeness (QED) is 0.420. The lowest BCUT2D eigenvalue weighted by atomic mass is 10.3. The third-order valence-electron chi connectivity index (χ3n) is 2.71. The molecule has 3 heterocycles. The lowest BCUT2D eigenvalue weighted by Crippen LogP contribution is -2.34. The SMILES string of the molecule is O=C(OCc1cc(-c2cccs2)on1)c1cccc[n+]1[O-]. The zero-order valence-corrected chi connectivity index (χ0v) is 11.6. The molecule has 3 aromatic heterocycles. The molecule has 3 aromatic rings. The van der Waals surface area contributed by atoms with E-state index in [1.807, 2.05) is 17.5 Å². The van der Waals surface area contributed by atoms with Gasteiger partial charge in [-0.1, -0.05) is 11.2 Å². The van der Waals surface area contributed by atoms with E-state index in [4.69, 9.17) is 9.26 Å². The summed E-state index contributed by atoms with van der Waals surface area (Å²) in [7, 11) is 0. The van der Waals surface area contributed by atoms with Gasteiger partial charge in [-0.25, -0.2) is 4.79 Å². The van der Waals surface area contributed by atoms with Crippen molar-refractivity contribution in [2.75, 3.05) is 0 Å². The third-order valence-corrected chi connectivity index (χ3v) is 3.59. The van der Waals surface area contributed by atoms with Gasteiger partial charge in [0.1, 0.15) is 12.3 Å². The molecule has 6 nitrogen and oxygen atoms in total. The number of ether oxygens (including phenoxy) is 1. The number of nitrogens with zero attached hydrogens (tertiary/aromatic N) is 2. The summed E-state index contributed by atoms with van der Waals surface area (Å²) in [5.74, 6) is -0.0825. The van der Waals surface area contributed by atoms with Crippen molar-refractivity contribution in [1.82, 2.24) is 5.16 Å². The van der Waals surface area contributed by atoms with E-state index in [9.17, 15) is 10.0 Å². The van der Waals surface area contributed by atoms with Gasteiger partial charge in [0, 0.05) is 18.2 Å². The number of carbonyl (C=O) groups excluding carboxylic acids is 1. The van der Waals surface area contributed by atoms with Crippen molar-refractivity contribution in [3.8, 4) is 10.6 Å². The molecular formula is C14H10N2O4S. The minimum atomic E-state index is -0.703. The van der Waals surface area contributed by atoms with Gasteiger partial charge in [-0.3, -0.25) is 0 Å². The Balaban J connectivity index is 1.66. The molecule has 106 valence electrons. The van der Waals surface area contributed by atoms with Crippen LogP contribution < -0.4 is 4.73 Å². The van der Waals surface area contributed by atoms with E-state index in [0.717, 1.165) is 4.88 Å². The molecule has 0 N–H and O–H groups in total. The molecule has 0 atom stereocenters. The summed E-state index contributed by atoms with van der Waals surface area (Å²) in [6, 6.07) is 10.0. The summed E-state index contributed by atoms with van der Waals surface area (Å²) in [6.45, 7) is -0.0530. The Morgan fingerprint density at radius 1 is 1.38 bits per heavy atom. The van der Waals surface area contributed by atoms with Crippen LogP contribution in [0.5, 0.6) is 0 Å². The topological polar surface area (TPSA) is 79.3 Å². The Labute approximate surface area is 123 Å². The summed E-state index contributed by atoms with van der Waals surface area (Å²) in [5.41, 5.74) is 0.416. The molecule has 0 aliphatic carbocycles. The van der Waals surface area contributed by atoms with Crippen LogP contribution in [0.4, 0.5) is 0 Å². The second-order valence-corrected chi connectivity index (χ2v) is 5.10. The van der Waals surface area contributed by atoms with E-state index >= 15 is 0 Å². The summed E-state index contributed by atoms with van der Waals surface area (Å²) < 4.78 is 10.7. The van der Waals surface area contributed by atoms with E-state index in [-0.39, 0.29) is 12.3 Å². The number of hydrogen-bond acceptors (Lipinski definition) is 6. The van der Waals surface area contributed by atoms with Gasteiger partial charge < -0.3 is 14.5 Å². The molecule has 7 heteroatoms. The van der Waals surface area contributed by atoms with Crippen LogP contribution >= 0.6 is 11.3 Å². The van der Waals surface area contributed by atoms with Gasteiger partial charge in [0.15, 0.2) is 12.0 Å². The number of carbonyl (C=O) groups is 1. The summed E-state index contributed by atoms with van der Waals surface area (Å²) in [5, 5.41) is 17.2. The molecule has 0 amide bonds. The Morgan fingerprint density at radius 3 is 3.05 bits per heavy atom. The molecule has 0 saturated heterocycles. The van der Waals surface area contributed by atoms with Crippen molar-refractivity contribution in [1.29, 1.82) is 0 Å². The van der Waals surface area contributed by atoms with Crippen LogP contribution in [0.3, 0.4) is 0 Å². The molecule has 0 unspecified atom stereocenters. The number of hydrogen-bond donors (Lipinski definition) is 0. The predicted octanol–water partition coefficient (Wildman–Crippen LogP) is 2.39. The third kappa shape index (κ3) is 2.92. The fourth-order valence-corrected chi connectivity index (χ4v) is 2.39. The first-order valence-electron chi connectivity index (χ1n) is 6.09. The van der Waals surface area contributed by atoms with Crippen LogP contribution in [-0.4, -0.2) is 11.1 Å². The van der Waals surface area contributed by atoms with Crippen molar-refractivity contribution in [3.63, 3.8) is 0 Å². The molecule has 21 heavy (non-hydrogen) atoms. The molecule has 0 spiro atoms. The largest absolute Gasteiger partial charge is 0.618 e. The number of esters is 1. The van der Waals surface area contributed by atoms with Crippen molar-refractivity contribution in [3.05, 3.63) is 64.6 Å². The van der Waals surface area contributed by atoms with Crippen molar-refractivity contribution >= 4 is 17.3 Å². The second kappa shape index (κ2) is 5.76. The monoisotopic (exact) mass is 302 g/mol. The van der Waals surface area contributed by atoms with Gasteiger partial charge in [-0.05, 0) is 17.5 Å². The summed E-state index contributed by atoms with van der Waals surface area (Å²) in [6.07, 6.45) is 1.24. The van der Waals surface area contributed by atoms with E-state index in [1.165, 1.54) is 29.7 Å². The van der Waals surface area contributed by atoms with Gasteiger partial charge in [0.05, 0.1) is 4.88 Å². The second-order valence-electron chi connectivity index (χ2n) is 4.15. The zero-order chi connectivity index (χ0) is 14.7. The highest BCUT2D eigenvalue weighted by atomic mass is 32.1. The maximum Gasteiger partial charge on any atom is 0.405 e. The molecule has 0 saturated carbocycles.